The molecule has 2 nitrogen and oxygen atoms in total. The second kappa shape index (κ2) is 6.68. The fraction of sp³-hybridized carbons (Fsp3) is 1.00. The number of nitrogens with zero attached hydrogens (tertiary/aromatic N) is 1. The lowest BCUT2D eigenvalue weighted by atomic mass is 10.1. The summed E-state index contributed by atoms with van der Waals surface area (Å²) in [5.41, 5.74) is 0. The second-order valence-corrected chi connectivity index (χ2v) is 4.98. The van der Waals surface area contributed by atoms with Crippen molar-refractivity contribution in [3.05, 3.63) is 0 Å². The van der Waals surface area contributed by atoms with Gasteiger partial charge in [-0.2, -0.15) is 11.8 Å². The molecule has 1 rings (SSSR count). The normalized spacial score (nSPS) is 22.8. The van der Waals surface area contributed by atoms with Gasteiger partial charge in [-0.25, -0.2) is 0 Å². The minimum atomic E-state index is 0.942. The van der Waals surface area contributed by atoms with Crippen LogP contribution in [0.5, 0.6) is 0 Å². The van der Waals surface area contributed by atoms with Gasteiger partial charge in [-0.05, 0) is 44.0 Å². The average Bonchev–Trinajstić information content (AvgIpc) is 2.64. The molecule has 0 saturated carbocycles. The van der Waals surface area contributed by atoms with Gasteiger partial charge in [0.25, 0.3) is 0 Å². The summed E-state index contributed by atoms with van der Waals surface area (Å²) in [6.45, 7) is 6.90. The second-order valence-electron chi connectivity index (χ2n) is 3.83. The molecule has 1 fully saturated rings. The smallest absolute Gasteiger partial charge is 0.0104 e. The SMILES string of the molecule is CCN(C)CCNCC1CCSC1. The van der Waals surface area contributed by atoms with Crippen molar-refractivity contribution in [2.75, 3.05) is 44.7 Å². The van der Waals surface area contributed by atoms with E-state index in [0.29, 0.717) is 0 Å². The van der Waals surface area contributed by atoms with Gasteiger partial charge in [0.05, 0.1) is 0 Å². The largest absolute Gasteiger partial charge is 0.315 e. The number of thioether (sulfide) groups is 1. The van der Waals surface area contributed by atoms with E-state index in [4.69, 9.17) is 0 Å². The molecular weight excluding hydrogens is 180 g/mol. The molecule has 0 bridgehead atoms. The van der Waals surface area contributed by atoms with Crippen LogP contribution in [0.4, 0.5) is 0 Å². The standard InChI is InChI=1S/C10H22N2S/c1-3-12(2)6-5-11-8-10-4-7-13-9-10/h10-11H,3-9H2,1-2H3. The van der Waals surface area contributed by atoms with E-state index in [1.165, 1.54) is 31.0 Å². The Kier molecular flexibility index (Phi) is 5.83. The number of nitrogens with one attached hydrogen (secondary N) is 1. The molecule has 13 heavy (non-hydrogen) atoms. The van der Waals surface area contributed by atoms with Crippen LogP contribution >= 0.6 is 11.8 Å². The van der Waals surface area contributed by atoms with Gasteiger partial charge in [0.2, 0.25) is 0 Å². The Morgan fingerprint density at radius 2 is 2.38 bits per heavy atom. The summed E-state index contributed by atoms with van der Waals surface area (Å²) in [5.74, 6) is 3.69. The van der Waals surface area contributed by atoms with E-state index >= 15 is 0 Å². The molecule has 1 saturated heterocycles. The Balaban J connectivity index is 1.88. The highest BCUT2D eigenvalue weighted by Gasteiger charge is 2.14. The lowest BCUT2D eigenvalue weighted by Crippen LogP contribution is -2.31. The van der Waals surface area contributed by atoms with Crippen LogP contribution < -0.4 is 5.32 Å². The Bertz CT molecular complexity index is 124. The first-order valence-corrected chi connectivity index (χ1v) is 6.45. The van der Waals surface area contributed by atoms with Crippen molar-refractivity contribution in [2.24, 2.45) is 5.92 Å². The molecule has 0 aromatic carbocycles. The molecule has 1 unspecified atom stereocenters. The molecule has 0 radical (unpaired) electrons. The van der Waals surface area contributed by atoms with E-state index in [9.17, 15) is 0 Å². The quantitative estimate of drug-likeness (QED) is 0.653. The van der Waals surface area contributed by atoms with Gasteiger partial charge in [-0.1, -0.05) is 6.92 Å². The number of rotatable bonds is 6. The van der Waals surface area contributed by atoms with Gasteiger partial charge in [0.1, 0.15) is 0 Å². The van der Waals surface area contributed by atoms with E-state index in [1.54, 1.807) is 0 Å². The fourth-order valence-corrected chi connectivity index (χ4v) is 2.76. The summed E-state index contributed by atoms with van der Waals surface area (Å²) in [5, 5.41) is 3.54. The zero-order chi connectivity index (χ0) is 9.52. The van der Waals surface area contributed by atoms with Gasteiger partial charge in [0.15, 0.2) is 0 Å². The van der Waals surface area contributed by atoms with Crippen LogP contribution in [-0.4, -0.2) is 49.6 Å². The predicted octanol–water partition coefficient (Wildman–Crippen LogP) is 1.28. The van der Waals surface area contributed by atoms with Gasteiger partial charge in [-0.15, -0.1) is 0 Å². The molecule has 1 heterocycles. The van der Waals surface area contributed by atoms with Crippen LogP contribution in [-0.2, 0) is 0 Å². The minimum absolute atomic E-state index is 0.942. The first-order valence-electron chi connectivity index (χ1n) is 5.30. The third-order valence-corrected chi connectivity index (χ3v) is 3.90. The zero-order valence-corrected chi connectivity index (χ0v) is 9.70. The third-order valence-electron chi connectivity index (χ3n) is 2.67. The Morgan fingerprint density at radius 3 is 3.00 bits per heavy atom. The van der Waals surface area contributed by atoms with Gasteiger partial charge in [0, 0.05) is 13.1 Å². The zero-order valence-electron chi connectivity index (χ0n) is 8.88. The highest BCUT2D eigenvalue weighted by atomic mass is 32.2. The third kappa shape index (κ3) is 4.89. The summed E-state index contributed by atoms with van der Waals surface area (Å²) in [6.07, 6.45) is 1.42. The van der Waals surface area contributed by atoms with Crippen LogP contribution in [0.1, 0.15) is 13.3 Å². The van der Waals surface area contributed by atoms with E-state index in [0.717, 1.165) is 19.0 Å². The van der Waals surface area contributed by atoms with Crippen LogP contribution in [0.2, 0.25) is 0 Å². The Labute approximate surface area is 86.5 Å². The van der Waals surface area contributed by atoms with Crippen molar-refractivity contribution in [3.8, 4) is 0 Å². The van der Waals surface area contributed by atoms with Crippen LogP contribution in [0, 0.1) is 5.92 Å². The summed E-state index contributed by atoms with van der Waals surface area (Å²) in [7, 11) is 2.17. The van der Waals surface area contributed by atoms with E-state index in [-0.39, 0.29) is 0 Å². The maximum atomic E-state index is 3.54. The van der Waals surface area contributed by atoms with E-state index in [1.807, 2.05) is 0 Å². The van der Waals surface area contributed by atoms with Crippen molar-refractivity contribution in [1.82, 2.24) is 10.2 Å². The van der Waals surface area contributed by atoms with Crippen molar-refractivity contribution in [3.63, 3.8) is 0 Å². The Morgan fingerprint density at radius 1 is 1.54 bits per heavy atom. The molecule has 0 aliphatic carbocycles. The van der Waals surface area contributed by atoms with E-state index in [2.05, 4.69) is 35.9 Å². The van der Waals surface area contributed by atoms with E-state index < -0.39 is 0 Å². The molecule has 0 spiro atoms. The molecule has 1 aliphatic heterocycles. The predicted molar refractivity (Wildman–Crippen MR) is 61.5 cm³/mol. The summed E-state index contributed by atoms with van der Waals surface area (Å²) >= 11 is 2.10. The van der Waals surface area contributed by atoms with Gasteiger partial charge in [-0.3, -0.25) is 0 Å². The van der Waals surface area contributed by atoms with Crippen molar-refractivity contribution in [1.29, 1.82) is 0 Å². The topological polar surface area (TPSA) is 15.3 Å². The monoisotopic (exact) mass is 202 g/mol. The van der Waals surface area contributed by atoms with Crippen LogP contribution in [0.3, 0.4) is 0 Å². The number of likely N-dealkylation sites (N-methyl/N-ethyl adjacent to an activating group) is 1. The molecule has 0 aromatic heterocycles. The molecule has 1 atom stereocenters. The lowest BCUT2D eigenvalue weighted by Gasteiger charge is -2.15. The Hall–Kier alpha value is 0.270. The molecule has 3 heteroatoms. The maximum Gasteiger partial charge on any atom is 0.0104 e. The maximum absolute atomic E-state index is 3.54. The minimum Gasteiger partial charge on any atom is -0.315 e. The van der Waals surface area contributed by atoms with Crippen molar-refractivity contribution >= 4 is 11.8 Å². The van der Waals surface area contributed by atoms with Gasteiger partial charge < -0.3 is 10.2 Å². The van der Waals surface area contributed by atoms with Crippen molar-refractivity contribution < 1.29 is 0 Å². The first-order chi connectivity index (χ1) is 6.33. The highest BCUT2D eigenvalue weighted by Crippen LogP contribution is 2.22. The van der Waals surface area contributed by atoms with Crippen LogP contribution in [0.25, 0.3) is 0 Å². The summed E-state index contributed by atoms with van der Waals surface area (Å²) in [4.78, 5) is 2.34. The highest BCUT2D eigenvalue weighted by molar-refractivity contribution is 7.99. The fourth-order valence-electron chi connectivity index (χ4n) is 1.48. The molecule has 0 amide bonds. The lowest BCUT2D eigenvalue weighted by molar-refractivity contribution is 0.344. The van der Waals surface area contributed by atoms with Gasteiger partial charge >= 0.3 is 0 Å². The average molecular weight is 202 g/mol. The molecule has 1 N–H and O–H groups in total. The summed E-state index contributed by atoms with van der Waals surface area (Å²) < 4.78 is 0. The van der Waals surface area contributed by atoms with Crippen molar-refractivity contribution in [2.45, 2.75) is 13.3 Å². The first kappa shape index (κ1) is 11.3. The number of hydrogen-bond acceptors (Lipinski definition) is 3. The molecule has 0 aromatic rings. The molecule has 78 valence electrons. The van der Waals surface area contributed by atoms with Crippen LogP contribution in [0.15, 0.2) is 0 Å². The molecule has 1 aliphatic rings. The molecular formula is C10H22N2S. The number of hydrogen-bond donors (Lipinski definition) is 1. The summed E-state index contributed by atoms with van der Waals surface area (Å²) in [6, 6.07) is 0.